The molecule has 0 heterocycles. The minimum absolute atomic E-state index is 0.134. The van der Waals surface area contributed by atoms with Crippen molar-refractivity contribution < 1.29 is 26.3 Å². The Labute approximate surface area is 234 Å². The molecule has 2 fully saturated rings. The Morgan fingerprint density at radius 1 is 0.825 bits per heavy atom. The largest absolute Gasteiger partial charge is 0.398 e. The van der Waals surface area contributed by atoms with E-state index in [1.807, 2.05) is 18.2 Å². The molecular weight excluding hydrogens is 526 g/mol. The van der Waals surface area contributed by atoms with Crippen molar-refractivity contribution in [3.8, 4) is 6.07 Å². The summed E-state index contributed by atoms with van der Waals surface area (Å²) >= 11 is 0. The van der Waals surface area contributed by atoms with Gasteiger partial charge in [0.15, 0.2) is 0 Å². The quantitative estimate of drug-likeness (QED) is 0.254. The summed E-state index contributed by atoms with van der Waals surface area (Å²) in [7, 11) is 0. The van der Waals surface area contributed by atoms with Crippen molar-refractivity contribution in [3.63, 3.8) is 0 Å². The van der Waals surface area contributed by atoms with Gasteiger partial charge in [-0.25, -0.2) is 0 Å². The van der Waals surface area contributed by atoms with Gasteiger partial charge in [0.25, 0.3) is 0 Å². The predicted molar refractivity (Wildman–Crippen MR) is 146 cm³/mol. The third kappa shape index (κ3) is 6.84. The molecule has 1 atom stereocenters. The third-order valence-electron chi connectivity index (χ3n) is 8.57. The lowest BCUT2D eigenvalue weighted by Gasteiger charge is -2.35. The number of rotatable bonds is 11. The van der Waals surface area contributed by atoms with Gasteiger partial charge in [-0.15, -0.1) is 0 Å². The molecule has 0 radical (unpaired) electrons. The summed E-state index contributed by atoms with van der Waals surface area (Å²) in [4.78, 5) is 2.43. The van der Waals surface area contributed by atoms with Crippen molar-refractivity contribution in [2.45, 2.75) is 114 Å². The van der Waals surface area contributed by atoms with E-state index in [1.165, 1.54) is 24.6 Å². The van der Waals surface area contributed by atoms with E-state index < -0.39 is 23.2 Å². The molecule has 1 unspecified atom stereocenters. The second-order valence-corrected chi connectivity index (χ2v) is 11.4. The number of benzene rings is 2. The van der Waals surface area contributed by atoms with Gasteiger partial charge in [-0.3, -0.25) is 4.90 Å². The van der Waals surface area contributed by atoms with Gasteiger partial charge in [0.1, 0.15) is 0 Å². The van der Waals surface area contributed by atoms with Gasteiger partial charge in [0, 0.05) is 25.6 Å². The van der Waals surface area contributed by atoms with E-state index >= 15 is 0 Å². The second kappa shape index (κ2) is 12.5. The lowest BCUT2D eigenvalue weighted by atomic mass is 9.81. The van der Waals surface area contributed by atoms with Gasteiger partial charge < -0.3 is 0 Å². The highest BCUT2D eigenvalue weighted by atomic mass is 19.4. The fourth-order valence-corrected chi connectivity index (χ4v) is 5.92. The molecule has 2 aliphatic carbocycles. The molecule has 2 saturated carbocycles. The summed E-state index contributed by atoms with van der Waals surface area (Å²) in [5.41, 5.74) is -2.61. The van der Waals surface area contributed by atoms with Gasteiger partial charge in [-0.2, -0.15) is 31.6 Å². The molecule has 2 aliphatic rings. The summed E-state index contributed by atoms with van der Waals surface area (Å²) in [5, 5.41) is 7.32. The van der Waals surface area contributed by atoms with Gasteiger partial charge in [-0.05, 0) is 87.5 Å². The zero-order valence-corrected chi connectivity index (χ0v) is 23.8. The van der Waals surface area contributed by atoms with Crippen LogP contribution in [-0.2, 0) is 23.7 Å². The van der Waals surface area contributed by atoms with Crippen molar-refractivity contribution >= 4 is 0 Å². The first-order chi connectivity index (χ1) is 18.8. The minimum atomic E-state index is -4.56. The first-order valence-corrected chi connectivity index (χ1v) is 14.1. The first kappa shape index (κ1) is 32.0. The summed E-state index contributed by atoms with van der Waals surface area (Å²) in [5.74, 6) is 0. The van der Waals surface area contributed by atoms with E-state index in [-0.39, 0.29) is 42.9 Å². The molecule has 0 aliphatic heterocycles. The Hall–Kier alpha value is -2.53. The zero-order valence-electron chi connectivity index (χ0n) is 23.8. The van der Waals surface area contributed by atoms with Gasteiger partial charge in [0.2, 0.25) is 0 Å². The highest BCUT2D eigenvalue weighted by molar-refractivity contribution is 5.50. The normalized spacial score (nSPS) is 18.1. The number of hydrogen-bond acceptors (Lipinski definition) is 2. The Kier molecular flexibility index (Phi) is 10.0. The fraction of sp³-hybridized carbons (Fsp3) is 0.594. The number of halogens is 6. The van der Waals surface area contributed by atoms with Crippen molar-refractivity contribution in [2.75, 3.05) is 6.54 Å². The van der Waals surface area contributed by atoms with E-state index in [9.17, 15) is 26.3 Å². The molecule has 0 aromatic heterocycles. The van der Waals surface area contributed by atoms with Crippen LogP contribution in [-0.4, -0.2) is 35.9 Å². The molecule has 2 aromatic carbocycles. The number of hydrogen-bond donors (Lipinski definition) is 0. The van der Waals surface area contributed by atoms with Crippen LogP contribution < -0.4 is 0 Å². The van der Waals surface area contributed by atoms with Crippen molar-refractivity contribution in [1.82, 2.24) is 4.90 Å². The van der Waals surface area contributed by atoms with E-state index in [0.29, 0.717) is 18.0 Å². The number of aryl methyl sites for hydroxylation is 1. The molecule has 8 heteroatoms. The molecule has 40 heavy (non-hydrogen) atoms. The van der Waals surface area contributed by atoms with Gasteiger partial charge >= 0.3 is 12.4 Å². The molecule has 0 N–H and O–H groups in total. The standard InChI is InChI=1S/C30H37F6N.C2H3N/c1-4-24(37(21(2)3)19-14-22-8-6-5-7-9-22)12-10-23-11-13-25(27(15-16-27)29(31,32)33)26(20-23)28(17-18-28)30(34,35)36;1-2-3/h5-9,11,13,20-21,24H,4,10,12,14-19H2,1-3H3;1H3. The van der Waals surface area contributed by atoms with Crippen molar-refractivity contribution in [3.05, 3.63) is 70.8 Å². The zero-order chi connectivity index (χ0) is 29.8. The lowest BCUT2D eigenvalue weighted by Crippen LogP contribution is -2.41. The third-order valence-corrected chi connectivity index (χ3v) is 8.57. The van der Waals surface area contributed by atoms with E-state index in [0.717, 1.165) is 25.8 Å². The molecule has 0 saturated heterocycles. The van der Waals surface area contributed by atoms with Crippen LogP contribution in [0.5, 0.6) is 0 Å². The molecule has 0 amide bonds. The van der Waals surface area contributed by atoms with Crippen LogP contribution in [0.4, 0.5) is 26.3 Å². The highest BCUT2D eigenvalue weighted by Gasteiger charge is 2.70. The monoisotopic (exact) mass is 566 g/mol. The predicted octanol–water partition coefficient (Wildman–Crippen LogP) is 9.07. The van der Waals surface area contributed by atoms with Crippen LogP contribution in [0, 0.1) is 11.3 Å². The highest BCUT2D eigenvalue weighted by Crippen LogP contribution is 2.66. The summed E-state index contributed by atoms with van der Waals surface area (Å²) < 4.78 is 84.1. The maximum absolute atomic E-state index is 14.1. The van der Waals surface area contributed by atoms with E-state index in [4.69, 9.17) is 5.26 Å². The smallest absolute Gasteiger partial charge is 0.298 e. The van der Waals surface area contributed by atoms with Crippen molar-refractivity contribution in [1.29, 1.82) is 5.26 Å². The topological polar surface area (TPSA) is 27.0 Å². The SMILES string of the molecule is CC#N.CCC(CCc1ccc(C2(C(F)(F)F)CC2)c(C2(C(F)(F)F)CC2)c1)N(CCc1ccccc1)C(C)C. The summed E-state index contributed by atoms with van der Waals surface area (Å²) in [6.07, 6.45) is -6.59. The molecule has 2 nitrogen and oxygen atoms in total. The molecule has 4 rings (SSSR count). The van der Waals surface area contributed by atoms with Crippen molar-refractivity contribution in [2.24, 2.45) is 0 Å². The van der Waals surface area contributed by atoms with Crippen LogP contribution in [0.2, 0.25) is 0 Å². The maximum atomic E-state index is 14.1. The second-order valence-electron chi connectivity index (χ2n) is 11.4. The van der Waals surface area contributed by atoms with Crippen LogP contribution in [0.25, 0.3) is 0 Å². The summed E-state index contributed by atoms with van der Waals surface area (Å²) in [6, 6.07) is 17.0. The number of nitriles is 1. The molecule has 220 valence electrons. The first-order valence-electron chi connectivity index (χ1n) is 14.1. The fourth-order valence-electron chi connectivity index (χ4n) is 5.92. The molecule has 2 aromatic rings. The minimum Gasteiger partial charge on any atom is -0.298 e. The Morgan fingerprint density at radius 3 is 1.80 bits per heavy atom. The van der Waals surface area contributed by atoms with Crippen LogP contribution >= 0.6 is 0 Å². The average Bonchev–Trinajstić information content (AvgIpc) is 3.80. The van der Waals surface area contributed by atoms with Crippen LogP contribution in [0.3, 0.4) is 0 Å². The van der Waals surface area contributed by atoms with Gasteiger partial charge in [-0.1, -0.05) is 55.5 Å². The number of alkyl halides is 6. The Bertz CT molecular complexity index is 1140. The number of nitrogens with zero attached hydrogens (tertiary/aromatic N) is 2. The van der Waals surface area contributed by atoms with E-state index in [2.05, 4.69) is 37.8 Å². The average molecular weight is 567 g/mol. The van der Waals surface area contributed by atoms with E-state index in [1.54, 1.807) is 12.1 Å². The van der Waals surface area contributed by atoms with Crippen LogP contribution in [0.15, 0.2) is 48.5 Å². The molecule has 0 bridgehead atoms. The van der Waals surface area contributed by atoms with Crippen LogP contribution in [0.1, 0.15) is 88.5 Å². The molecular formula is C32H40F6N2. The maximum Gasteiger partial charge on any atom is 0.398 e. The lowest BCUT2D eigenvalue weighted by molar-refractivity contribution is -0.167. The van der Waals surface area contributed by atoms with Gasteiger partial charge in [0.05, 0.1) is 16.9 Å². The Morgan fingerprint density at radius 2 is 1.35 bits per heavy atom. The molecule has 0 spiro atoms. The Balaban J connectivity index is 0.00000141. The summed E-state index contributed by atoms with van der Waals surface area (Å²) in [6.45, 7) is 8.70.